The van der Waals surface area contributed by atoms with Gasteiger partial charge in [0.1, 0.15) is 0 Å². The van der Waals surface area contributed by atoms with Gasteiger partial charge in [-0.2, -0.15) is 8.42 Å². The largest absolute Gasteiger partial charge is 0.332 e. The smallest absolute Gasteiger partial charge is 0.297 e. The van der Waals surface area contributed by atoms with Crippen molar-refractivity contribution in [2.45, 2.75) is 49.8 Å². The number of nitrogens with zero attached hydrogens (tertiary/aromatic N) is 1. The molecule has 1 saturated carbocycles. The first-order chi connectivity index (χ1) is 12.9. The zero-order valence-corrected chi connectivity index (χ0v) is 16.1. The lowest BCUT2D eigenvalue weighted by Gasteiger charge is -2.48. The molecule has 27 heavy (non-hydrogen) atoms. The van der Waals surface area contributed by atoms with Crippen molar-refractivity contribution in [2.24, 2.45) is 5.92 Å². The molecule has 2 aliphatic heterocycles. The lowest BCUT2D eigenvalue weighted by atomic mass is 9.77. The van der Waals surface area contributed by atoms with Crippen LogP contribution in [0.5, 0.6) is 0 Å². The highest BCUT2D eigenvalue weighted by molar-refractivity contribution is 7.86. The summed E-state index contributed by atoms with van der Waals surface area (Å²) >= 11 is 0. The van der Waals surface area contributed by atoms with E-state index >= 15 is 0 Å². The molecule has 0 unspecified atom stereocenters. The van der Waals surface area contributed by atoms with E-state index in [0.717, 1.165) is 24.0 Å². The minimum Gasteiger partial charge on any atom is -0.332 e. The highest BCUT2D eigenvalue weighted by atomic mass is 32.2. The van der Waals surface area contributed by atoms with Crippen LogP contribution in [0.3, 0.4) is 0 Å². The van der Waals surface area contributed by atoms with Crippen molar-refractivity contribution in [1.82, 2.24) is 4.90 Å². The molecule has 3 fully saturated rings. The van der Waals surface area contributed by atoms with Crippen molar-refractivity contribution < 1.29 is 17.4 Å². The van der Waals surface area contributed by atoms with Gasteiger partial charge in [-0.3, -0.25) is 8.98 Å². The average Bonchev–Trinajstić information content (AvgIpc) is 2.66. The van der Waals surface area contributed by atoms with E-state index in [-0.39, 0.29) is 22.8 Å². The summed E-state index contributed by atoms with van der Waals surface area (Å²) in [6, 6.07) is 16.2. The van der Waals surface area contributed by atoms with Gasteiger partial charge in [0.25, 0.3) is 10.1 Å². The fourth-order valence-corrected chi connectivity index (χ4v) is 5.21. The molecule has 3 atom stereocenters. The molecule has 1 amide bonds. The predicted molar refractivity (Wildman–Crippen MR) is 101 cm³/mol. The van der Waals surface area contributed by atoms with E-state index in [9.17, 15) is 13.2 Å². The number of fused-ring (bicyclic) bond motifs is 3. The van der Waals surface area contributed by atoms with Crippen molar-refractivity contribution >= 4 is 16.0 Å². The third-order valence-corrected chi connectivity index (χ3v) is 6.90. The van der Waals surface area contributed by atoms with Gasteiger partial charge in [-0.05, 0) is 43.9 Å². The van der Waals surface area contributed by atoms with Gasteiger partial charge in [0.15, 0.2) is 0 Å². The summed E-state index contributed by atoms with van der Waals surface area (Å²) in [4.78, 5) is 14.7. The number of amides is 1. The fourth-order valence-electron chi connectivity index (χ4n) is 4.09. The Morgan fingerprint density at radius 1 is 1.04 bits per heavy atom. The van der Waals surface area contributed by atoms with Crippen LogP contribution in [0.2, 0.25) is 0 Å². The van der Waals surface area contributed by atoms with Gasteiger partial charge in [0.2, 0.25) is 5.91 Å². The monoisotopic (exact) mass is 385 g/mol. The second kappa shape index (κ2) is 7.09. The zero-order valence-electron chi connectivity index (χ0n) is 15.2. The molecule has 5 nitrogen and oxygen atoms in total. The Morgan fingerprint density at radius 2 is 1.74 bits per heavy atom. The molecular formula is C21H23NO4S. The van der Waals surface area contributed by atoms with Crippen LogP contribution < -0.4 is 0 Å². The SMILES string of the molecule is Cc1ccc(S(=O)(=O)O[C@@H]2C[C@@H]3CC[C@H]2N(Cc2ccccc2)C3=O)cc1. The molecule has 6 heteroatoms. The summed E-state index contributed by atoms with van der Waals surface area (Å²) in [6.07, 6.45) is 1.56. The predicted octanol–water partition coefficient (Wildman–Crippen LogP) is 3.28. The molecule has 5 rings (SSSR count). The van der Waals surface area contributed by atoms with E-state index in [1.54, 1.807) is 24.3 Å². The molecule has 2 heterocycles. The van der Waals surface area contributed by atoms with Crippen molar-refractivity contribution in [2.75, 3.05) is 0 Å². The Labute approximate surface area is 160 Å². The van der Waals surface area contributed by atoms with Crippen LogP contribution in [0.1, 0.15) is 30.4 Å². The maximum absolute atomic E-state index is 12.7. The first-order valence-corrected chi connectivity index (χ1v) is 10.7. The highest BCUT2D eigenvalue weighted by Crippen LogP contribution is 2.39. The molecule has 3 aliphatic rings. The van der Waals surface area contributed by atoms with Crippen LogP contribution in [0.4, 0.5) is 0 Å². The number of rotatable bonds is 5. The molecule has 2 saturated heterocycles. The van der Waals surface area contributed by atoms with Gasteiger partial charge in [-0.25, -0.2) is 0 Å². The Kier molecular flexibility index (Phi) is 4.78. The molecule has 142 valence electrons. The molecule has 2 aromatic carbocycles. The Hall–Kier alpha value is -2.18. The molecule has 0 aromatic heterocycles. The second-order valence-corrected chi connectivity index (χ2v) is 9.00. The Balaban J connectivity index is 1.55. The molecule has 2 aromatic rings. The Morgan fingerprint density at radius 3 is 2.44 bits per heavy atom. The van der Waals surface area contributed by atoms with Crippen molar-refractivity contribution in [3.63, 3.8) is 0 Å². The van der Waals surface area contributed by atoms with E-state index in [0.29, 0.717) is 13.0 Å². The lowest BCUT2D eigenvalue weighted by Crippen LogP contribution is -2.59. The molecule has 1 aliphatic carbocycles. The van der Waals surface area contributed by atoms with Gasteiger partial charge in [0, 0.05) is 12.5 Å². The van der Waals surface area contributed by atoms with Crippen molar-refractivity contribution in [3.8, 4) is 0 Å². The van der Waals surface area contributed by atoms with Crippen LogP contribution in [0, 0.1) is 12.8 Å². The van der Waals surface area contributed by atoms with E-state index in [1.165, 1.54) is 0 Å². The Bertz CT molecular complexity index is 924. The number of aryl methyl sites for hydroxylation is 1. The highest BCUT2D eigenvalue weighted by Gasteiger charge is 2.48. The summed E-state index contributed by atoms with van der Waals surface area (Å²) in [7, 11) is -3.85. The summed E-state index contributed by atoms with van der Waals surface area (Å²) in [5.74, 6) is -0.0420. The first kappa shape index (κ1) is 18.2. The third kappa shape index (κ3) is 3.64. The number of hydrogen-bond donors (Lipinski definition) is 0. The van der Waals surface area contributed by atoms with E-state index in [1.807, 2.05) is 42.2 Å². The van der Waals surface area contributed by atoms with Crippen LogP contribution in [0.15, 0.2) is 59.5 Å². The molecule has 0 spiro atoms. The topological polar surface area (TPSA) is 63.7 Å². The third-order valence-electron chi connectivity index (χ3n) is 5.55. The lowest BCUT2D eigenvalue weighted by molar-refractivity contribution is -0.155. The number of hydrogen-bond acceptors (Lipinski definition) is 4. The quantitative estimate of drug-likeness (QED) is 0.741. The van der Waals surface area contributed by atoms with Gasteiger partial charge in [-0.15, -0.1) is 0 Å². The van der Waals surface area contributed by atoms with E-state index in [4.69, 9.17) is 4.18 Å². The minimum atomic E-state index is -3.85. The summed E-state index contributed by atoms with van der Waals surface area (Å²) in [6.45, 7) is 2.40. The van der Waals surface area contributed by atoms with Crippen molar-refractivity contribution in [3.05, 3.63) is 65.7 Å². The van der Waals surface area contributed by atoms with Gasteiger partial charge in [0.05, 0.1) is 17.0 Å². The molecule has 0 radical (unpaired) electrons. The molecule has 2 bridgehead atoms. The number of benzene rings is 2. The van der Waals surface area contributed by atoms with Gasteiger partial charge >= 0.3 is 0 Å². The second-order valence-electron chi connectivity index (χ2n) is 7.43. The maximum Gasteiger partial charge on any atom is 0.297 e. The van der Waals surface area contributed by atoms with Crippen LogP contribution in [-0.2, 0) is 25.6 Å². The molecular weight excluding hydrogens is 362 g/mol. The van der Waals surface area contributed by atoms with Crippen molar-refractivity contribution in [1.29, 1.82) is 0 Å². The number of piperidine rings is 2. The zero-order chi connectivity index (χ0) is 19.0. The van der Waals surface area contributed by atoms with Crippen LogP contribution >= 0.6 is 0 Å². The summed E-state index contributed by atoms with van der Waals surface area (Å²) in [5.41, 5.74) is 2.03. The number of carbonyl (C=O) groups is 1. The fraction of sp³-hybridized carbons (Fsp3) is 0.381. The standard InChI is InChI=1S/C21H23NO4S/c1-15-7-10-18(11-8-15)27(24,25)26-20-13-17-9-12-19(20)22(21(17)23)14-16-5-3-2-4-6-16/h2-8,10-11,17,19-20H,9,12-14H2,1H3/t17-,19+,20+/m0/s1. The van der Waals surface area contributed by atoms with Gasteiger partial charge in [-0.1, -0.05) is 48.0 Å². The van der Waals surface area contributed by atoms with Gasteiger partial charge < -0.3 is 4.90 Å². The van der Waals surface area contributed by atoms with E-state index < -0.39 is 16.2 Å². The minimum absolute atomic E-state index is 0.114. The summed E-state index contributed by atoms with van der Waals surface area (Å²) in [5, 5.41) is 0. The molecule has 0 N–H and O–H groups in total. The maximum atomic E-state index is 12.7. The van der Waals surface area contributed by atoms with Crippen LogP contribution in [-0.4, -0.2) is 31.4 Å². The van der Waals surface area contributed by atoms with E-state index in [2.05, 4.69) is 0 Å². The average molecular weight is 385 g/mol. The normalized spacial score (nSPS) is 25.0. The summed E-state index contributed by atoms with van der Waals surface area (Å²) < 4.78 is 31.1. The van der Waals surface area contributed by atoms with Crippen LogP contribution in [0.25, 0.3) is 0 Å². The first-order valence-electron chi connectivity index (χ1n) is 9.28. The number of carbonyl (C=O) groups excluding carboxylic acids is 1.